The average molecular weight is 609 g/mol. The normalized spacial score (nSPS) is 20.0. The molecular weight excluding hydrogens is 589 g/mol. The van der Waals surface area contributed by atoms with E-state index in [9.17, 15) is 31.5 Å². The van der Waals surface area contributed by atoms with Crippen molar-refractivity contribution in [3.8, 4) is 0 Å². The van der Waals surface area contributed by atoms with Crippen molar-refractivity contribution < 1.29 is 35.7 Å². The fraction of sp³-hybridized carbons (Fsp3) is 0.318. The van der Waals surface area contributed by atoms with Crippen molar-refractivity contribution in [3.05, 3.63) is 63.2 Å². The van der Waals surface area contributed by atoms with Crippen molar-refractivity contribution in [2.24, 2.45) is 0 Å². The van der Waals surface area contributed by atoms with Gasteiger partial charge in [-0.05, 0) is 37.1 Å². The van der Waals surface area contributed by atoms with Gasteiger partial charge in [0.1, 0.15) is 22.6 Å². The van der Waals surface area contributed by atoms with E-state index in [-0.39, 0.29) is 33.4 Å². The molecule has 0 radical (unpaired) electrons. The van der Waals surface area contributed by atoms with Gasteiger partial charge in [0.25, 0.3) is 0 Å². The smallest absolute Gasteiger partial charge is 0.390 e. The van der Waals surface area contributed by atoms with Crippen molar-refractivity contribution in [1.82, 2.24) is 14.7 Å². The highest BCUT2D eigenvalue weighted by Gasteiger charge is 2.37. The fourth-order valence-corrected chi connectivity index (χ4v) is 6.69. The summed E-state index contributed by atoms with van der Waals surface area (Å²) in [5.74, 6) is -0.309. The predicted octanol–water partition coefficient (Wildman–Crippen LogP) is 4.38. The quantitative estimate of drug-likeness (QED) is 0.303. The van der Waals surface area contributed by atoms with Crippen molar-refractivity contribution >= 4 is 56.6 Å². The number of aliphatic hydroxyl groups excluding tert-OH is 1. The topological polar surface area (TPSA) is 131 Å². The number of anilines is 1. The Hall–Kier alpha value is -2.27. The molecule has 38 heavy (non-hydrogen) atoms. The third-order valence-electron chi connectivity index (χ3n) is 5.54. The van der Waals surface area contributed by atoms with Gasteiger partial charge in [0.2, 0.25) is 5.78 Å². The minimum atomic E-state index is -4.49. The van der Waals surface area contributed by atoms with Crippen LogP contribution in [0.5, 0.6) is 0 Å². The van der Waals surface area contributed by atoms with E-state index in [2.05, 4.69) is 15.3 Å². The number of thiophene rings is 1. The van der Waals surface area contributed by atoms with Crippen molar-refractivity contribution in [2.45, 2.75) is 47.1 Å². The third-order valence-corrected chi connectivity index (χ3v) is 9.17. The second kappa shape index (κ2) is 11.5. The minimum Gasteiger partial charge on any atom is -0.390 e. The molecule has 0 saturated heterocycles. The molecule has 0 amide bonds. The number of nitrogens with zero attached hydrogens (tertiary/aromatic N) is 2. The molecule has 0 spiro atoms. The van der Waals surface area contributed by atoms with Crippen LogP contribution in [0.25, 0.3) is 0 Å². The first kappa shape index (κ1) is 28.7. The highest BCUT2D eigenvalue weighted by Crippen LogP contribution is 2.41. The van der Waals surface area contributed by atoms with Crippen LogP contribution in [0.4, 0.5) is 19.0 Å². The molecule has 204 valence electrons. The molecular formula is C22H20ClF3N4O5S3. The van der Waals surface area contributed by atoms with Crippen LogP contribution in [0.1, 0.15) is 33.6 Å². The highest BCUT2D eigenvalue weighted by molar-refractivity contribution is 7.99. The summed E-state index contributed by atoms with van der Waals surface area (Å²) < 4.78 is 69.7. The maximum absolute atomic E-state index is 13.3. The first-order valence-corrected chi connectivity index (χ1v) is 14.3. The van der Waals surface area contributed by atoms with Crippen LogP contribution in [0.2, 0.25) is 4.34 Å². The number of rotatable bonds is 9. The predicted molar refractivity (Wildman–Crippen MR) is 136 cm³/mol. The van der Waals surface area contributed by atoms with Gasteiger partial charge in [-0.25, -0.2) is 9.97 Å². The average Bonchev–Trinajstić information content (AvgIpc) is 3.39. The fourth-order valence-electron chi connectivity index (χ4n) is 3.74. The number of hydrogen-bond acceptors (Lipinski definition) is 10. The molecule has 3 N–H and O–H groups in total. The highest BCUT2D eigenvalue weighted by atomic mass is 35.5. The number of carbonyl (C=O) groups is 1. The number of benzene rings is 1. The number of hydrogen-bond donors (Lipinski definition) is 3. The van der Waals surface area contributed by atoms with Crippen LogP contribution >= 0.6 is 34.7 Å². The summed E-state index contributed by atoms with van der Waals surface area (Å²) in [4.78, 5) is 22.3. The first-order chi connectivity index (χ1) is 17.9. The van der Waals surface area contributed by atoms with E-state index >= 15 is 0 Å². The van der Waals surface area contributed by atoms with Gasteiger partial charge in [-0.2, -0.15) is 26.3 Å². The Balaban J connectivity index is 1.50. The lowest BCUT2D eigenvalue weighted by molar-refractivity contribution is -0.137. The minimum absolute atomic E-state index is 0.0998. The third kappa shape index (κ3) is 6.83. The molecule has 0 aliphatic heterocycles. The number of ketones is 1. The SMILES string of the molecule is CNS(=O)(=O)O[C@@H]1C[C@H](Nc2ncncc2C(=O)c2cc(Sc3cccc(C(F)(F)F)c3)c(Cl)s2)C[C@@H]1O. The largest absolute Gasteiger partial charge is 0.416 e. The number of carbonyl (C=O) groups excluding carboxylic acids is 1. The zero-order valence-electron chi connectivity index (χ0n) is 19.4. The Labute approximate surface area is 229 Å². The van der Waals surface area contributed by atoms with Crippen LogP contribution in [0.15, 0.2) is 52.6 Å². The summed E-state index contributed by atoms with van der Waals surface area (Å²) in [6.45, 7) is 0. The zero-order chi connectivity index (χ0) is 27.7. The lowest BCUT2D eigenvalue weighted by Gasteiger charge is -2.15. The monoisotopic (exact) mass is 608 g/mol. The molecule has 16 heteroatoms. The van der Waals surface area contributed by atoms with Gasteiger partial charge in [-0.3, -0.25) is 8.98 Å². The van der Waals surface area contributed by atoms with E-state index in [1.54, 1.807) is 0 Å². The van der Waals surface area contributed by atoms with Gasteiger partial charge >= 0.3 is 16.5 Å². The van der Waals surface area contributed by atoms with Crippen molar-refractivity contribution in [1.29, 1.82) is 0 Å². The van der Waals surface area contributed by atoms with Crippen LogP contribution in [-0.2, 0) is 20.7 Å². The van der Waals surface area contributed by atoms with E-state index in [1.165, 1.54) is 37.8 Å². The van der Waals surface area contributed by atoms with Gasteiger partial charge in [0, 0.05) is 29.1 Å². The molecule has 1 saturated carbocycles. The van der Waals surface area contributed by atoms with E-state index in [0.29, 0.717) is 9.79 Å². The van der Waals surface area contributed by atoms with Gasteiger partial charge < -0.3 is 10.4 Å². The summed E-state index contributed by atoms with van der Waals surface area (Å²) in [5.41, 5.74) is -0.696. The van der Waals surface area contributed by atoms with Crippen LogP contribution in [0, 0.1) is 0 Å². The molecule has 9 nitrogen and oxygen atoms in total. The second-order valence-corrected chi connectivity index (χ2v) is 12.4. The number of nitrogens with one attached hydrogen (secondary N) is 2. The van der Waals surface area contributed by atoms with Crippen LogP contribution < -0.4 is 10.0 Å². The first-order valence-electron chi connectivity index (χ1n) is 10.9. The number of aromatic nitrogens is 2. The molecule has 0 bridgehead atoms. The Morgan fingerprint density at radius 3 is 2.76 bits per heavy atom. The van der Waals surface area contributed by atoms with E-state index in [1.807, 2.05) is 4.72 Å². The molecule has 4 rings (SSSR count). The van der Waals surface area contributed by atoms with Gasteiger partial charge in [-0.15, -0.1) is 11.3 Å². The van der Waals surface area contributed by atoms with Gasteiger partial charge in [0.05, 0.1) is 22.1 Å². The van der Waals surface area contributed by atoms with Gasteiger partial charge in [0.15, 0.2) is 0 Å². The lowest BCUT2D eigenvalue weighted by atomic mass is 10.1. The van der Waals surface area contributed by atoms with E-state index < -0.39 is 46.1 Å². The Kier molecular flexibility index (Phi) is 8.66. The number of alkyl halides is 3. The molecule has 2 heterocycles. The van der Waals surface area contributed by atoms with Crippen LogP contribution in [0.3, 0.4) is 0 Å². The number of halogens is 4. The zero-order valence-corrected chi connectivity index (χ0v) is 22.6. The second-order valence-electron chi connectivity index (χ2n) is 8.16. The molecule has 3 aromatic rings. The maximum Gasteiger partial charge on any atom is 0.416 e. The molecule has 3 atom stereocenters. The summed E-state index contributed by atoms with van der Waals surface area (Å²) in [6, 6.07) is 5.81. The molecule has 1 fully saturated rings. The Bertz CT molecular complexity index is 1440. The maximum atomic E-state index is 13.3. The molecule has 1 aromatic carbocycles. The standard InChI is InChI=1S/C22H20ClF3N4O5S3/c1-27-38(33,34)35-16-7-12(6-15(16)31)30-21-14(9-28-10-29-21)19(32)17-8-18(20(23)37-17)36-13-4-2-3-11(5-13)22(24,25)26/h2-5,8-10,12,15-16,27,31H,6-7H2,1H3,(H,28,29,30)/t12-,15+,16-/m1/s1. The van der Waals surface area contributed by atoms with E-state index in [0.717, 1.165) is 35.2 Å². The molecule has 2 aromatic heterocycles. The van der Waals surface area contributed by atoms with E-state index in [4.69, 9.17) is 15.8 Å². The van der Waals surface area contributed by atoms with Gasteiger partial charge in [-0.1, -0.05) is 29.4 Å². The lowest BCUT2D eigenvalue weighted by Crippen LogP contribution is -2.31. The molecule has 1 aliphatic rings. The summed E-state index contributed by atoms with van der Waals surface area (Å²) in [7, 11) is -2.82. The Morgan fingerprint density at radius 1 is 1.29 bits per heavy atom. The number of aliphatic hydroxyl groups is 1. The van der Waals surface area contributed by atoms with Crippen molar-refractivity contribution in [2.75, 3.05) is 12.4 Å². The Morgan fingerprint density at radius 2 is 2.05 bits per heavy atom. The molecule has 0 unspecified atom stereocenters. The summed E-state index contributed by atoms with van der Waals surface area (Å²) in [6.07, 6.45) is -3.75. The molecule has 1 aliphatic carbocycles. The van der Waals surface area contributed by atoms with Crippen LogP contribution in [-0.4, -0.2) is 54.6 Å². The van der Waals surface area contributed by atoms with Crippen molar-refractivity contribution in [3.63, 3.8) is 0 Å². The summed E-state index contributed by atoms with van der Waals surface area (Å²) >= 11 is 8.27. The summed E-state index contributed by atoms with van der Waals surface area (Å²) in [5, 5.41) is 13.3.